The van der Waals surface area contributed by atoms with E-state index in [1.54, 1.807) is 23.0 Å². The summed E-state index contributed by atoms with van der Waals surface area (Å²) in [7, 11) is -1.82. The van der Waals surface area contributed by atoms with Gasteiger partial charge in [-0.2, -0.15) is 12.9 Å². The normalized spacial score (nSPS) is 11.5. The van der Waals surface area contributed by atoms with Crippen molar-refractivity contribution in [2.45, 2.75) is 0 Å². The average molecular weight is 361 g/mol. The Hall–Kier alpha value is -2.98. The van der Waals surface area contributed by atoms with Gasteiger partial charge in [0.25, 0.3) is 10.1 Å². The van der Waals surface area contributed by atoms with Gasteiger partial charge in [0, 0.05) is 12.4 Å². The Morgan fingerprint density at radius 3 is 2.52 bits per heavy atom. The third-order valence-corrected chi connectivity index (χ3v) is 3.37. The minimum atomic E-state index is -3.67. The predicted octanol–water partition coefficient (Wildman–Crippen LogP) is 1.46. The first kappa shape index (κ1) is 16.9. The molecule has 1 aromatic carbocycles. The maximum Gasteiger partial charge on any atom is 0.261 e. The van der Waals surface area contributed by atoms with Crippen LogP contribution in [0.25, 0.3) is 28.1 Å². The molecule has 130 valence electrons. The van der Waals surface area contributed by atoms with Crippen LogP contribution in [0, 0.1) is 5.41 Å². The van der Waals surface area contributed by atoms with Crippen molar-refractivity contribution >= 4 is 26.7 Å². The van der Waals surface area contributed by atoms with Crippen LogP contribution in [0.5, 0.6) is 0 Å². The zero-order valence-corrected chi connectivity index (χ0v) is 14.2. The summed E-state index contributed by atoms with van der Waals surface area (Å²) >= 11 is 0. The van der Waals surface area contributed by atoms with E-state index in [-0.39, 0.29) is 5.62 Å². The summed E-state index contributed by atoms with van der Waals surface area (Å²) in [6.45, 7) is 0. The summed E-state index contributed by atoms with van der Waals surface area (Å²) in [4.78, 5) is 4.51. The van der Waals surface area contributed by atoms with E-state index in [0.29, 0.717) is 23.5 Å². The molecule has 0 amide bonds. The lowest BCUT2D eigenvalue weighted by molar-refractivity contribution is 0.490. The number of hydrogen-bond acceptors (Lipinski definition) is 6. The lowest BCUT2D eigenvalue weighted by Crippen LogP contribution is -2.25. The van der Waals surface area contributed by atoms with E-state index in [1.807, 2.05) is 31.3 Å². The number of hydrogen-bond donors (Lipinski definition) is 2. The highest BCUT2D eigenvalue weighted by molar-refractivity contribution is 7.85. The van der Waals surface area contributed by atoms with E-state index < -0.39 is 10.1 Å². The molecule has 4 aromatic rings. The van der Waals surface area contributed by atoms with Crippen molar-refractivity contribution in [2.24, 2.45) is 7.05 Å². The van der Waals surface area contributed by atoms with Crippen LogP contribution in [0.3, 0.4) is 0 Å². The topological polar surface area (TPSA) is 126 Å². The molecule has 0 spiro atoms. The van der Waals surface area contributed by atoms with Crippen molar-refractivity contribution in [1.82, 2.24) is 19.2 Å². The molecule has 4 rings (SSSR count). The van der Waals surface area contributed by atoms with Crippen LogP contribution in [-0.2, 0) is 17.2 Å². The highest BCUT2D eigenvalue weighted by atomic mass is 32.2. The van der Waals surface area contributed by atoms with Gasteiger partial charge in [-0.05, 0) is 24.3 Å². The van der Waals surface area contributed by atoms with Crippen molar-refractivity contribution in [3.05, 3.63) is 48.3 Å². The number of benzene rings is 1. The molecule has 0 aliphatic rings. The molecule has 0 fully saturated rings. The molecule has 0 aliphatic carbocycles. The van der Waals surface area contributed by atoms with Gasteiger partial charge >= 0.3 is 0 Å². The van der Waals surface area contributed by atoms with Gasteiger partial charge < -0.3 is 8.98 Å². The van der Waals surface area contributed by atoms with Crippen LogP contribution >= 0.6 is 0 Å². The van der Waals surface area contributed by atoms with E-state index in [9.17, 15) is 8.42 Å². The van der Waals surface area contributed by atoms with Gasteiger partial charge in [0.1, 0.15) is 0 Å². The van der Waals surface area contributed by atoms with E-state index in [4.69, 9.17) is 14.4 Å². The number of fused-ring (bicyclic) bond motifs is 3. The van der Waals surface area contributed by atoms with Crippen molar-refractivity contribution in [3.63, 3.8) is 0 Å². The fraction of sp³-hybridized carbons (Fsp3) is 0.133. The number of nitrogens with zero attached hydrogens (tertiary/aromatic N) is 4. The van der Waals surface area contributed by atoms with Crippen molar-refractivity contribution < 1.29 is 17.4 Å². The lowest BCUT2D eigenvalue weighted by Gasteiger charge is -2.06. The molecule has 0 saturated carbocycles. The minimum Gasteiger partial charge on any atom is -0.461 e. The van der Waals surface area contributed by atoms with E-state index in [1.165, 1.54) is 4.52 Å². The van der Waals surface area contributed by atoms with Crippen LogP contribution in [-0.4, -0.2) is 38.4 Å². The van der Waals surface area contributed by atoms with Crippen molar-refractivity contribution in [2.75, 3.05) is 6.26 Å². The standard InChI is InChI=1S/C14H11N5O.CH4O3S/c1-18-10-6-3-2-5-9(10)13-16-12(11-7-4-8-20-11)17-19(13)14(18)15;1-5(2,3)4/h2-8,15H,1H3;1H3,(H,2,3,4). The number of rotatable bonds is 1. The van der Waals surface area contributed by atoms with Gasteiger partial charge in [-0.1, -0.05) is 12.1 Å². The zero-order valence-electron chi connectivity index (χ0n) is 13.4. The fourth-order valence-corrected chi connectivity index (χ4v) is 2.36. The Morgan fingerprint density at radius 1 is 1.20 bits per heavy atom. The van der Waals surface area contributed by atoms with Crippen molar-refractivity contribution in [1.29, 1.82) is 5.41 Å². The molecule has 0 aliphatic heterocycles. The Balaban J connectivity index is 0.000000324. The SMILES string of the molecule is CS(=O)(=O)O.Cn1c(=N)n2nc(-c3ccco3)nc2c2ccccc21. The fourth-order valence-electron chi connectivity index (χ4n) is 2.36. The highest BCUT2D eigenvalue weighted by Gasteiger charge is 2.13. The molecule has 10 heteroatoms. The quantitative estimate of drug-likeness (QED) is 0.494. The van der Waals surface area contributed by atoms with Gasteiger partial charge in [-0.15, -0.1) is 5.10 Å². The van der Waals surface area contributed by atoms with Crippen LogP contribution in [0.1, 0.15) is 0 Å². The van der Waals surface area contributed by atoms with Gasteiger partial charge in [-0.3, -0.25) is 9.96 Å². The molecular weight excluding hydrogens is 346 g/mol. The van der Waals surface area contributed by atoms with Crippen LogP contribution in [0.2, 0.25) is 0 Å². The number of aryl methyl sites for hydroxylation is 1. The molecule has 3 heterocycles. The maximum atomic E-state index is 9.19. The van der Waals surface area contributed by atoms with Crippen LogP contribution in [0.4, 0.5) is 0 Å². The molecule has 25 heavy (non-hydrogen) atoms. The molecule has 0 bridgehead atoms. The summed E-state index contributed by atoms with van der Waals surface area (Å²) in [6.07, 6.45) is 2.30. The first-order chi connectivity index (χ1) is 11.8. The first-order valence-electron chi connectivity index (χ1n) is 7.11. The van der Waals surface area contributed by atoms with Crippen LogP contribution < -0.4 is 5.62 Å². The van der Waals surface area contributed by atoms with Crippen molar-refractivity contribution in [3.8, 4) is 11.6 Å². The zero-order chi connectivity index (χ0) is 18.2. The van der Waals surface area contributed by atoms with E-state index in [0.717, 1.165) is 10.9 Å². The number of aromatic nitrogens is 4. The Morgan fingerprint density at radius 2 is 1.88 bits per heavy atom. The monoisotopic (exact) mass is 361 g/mol. The third-order valence-electron chi connectivity index (χ3n) is 3.37. The highest BCUT2D eigenvalue weighted by Crippen LogP contribution is 2.20. The van der Waals surface area contributed by atoms with Crippen LogP contribution in [0.15, 0.2) is 47.1 Å². The van der Waals surface area contributed by atoms with Gasteiger partial charge in [0.15, 0.2) is 11.4 Å². The Bertz CT molecular complexity index is 1200. The second-order valence-corrected chi connectivity index (χ2v) is 6.75. The second kappa shape index (κ2) is 6.15. The largest absolute Gasteiger partial charge is 0.461 e. The molecule has 9 nitrogen and oxygen atoms in total. The smallest absolute Gasteiger partial charge is 0.261 e. The lowest BCUT2D eigenvalue weighted by atomic mass is 10.2. The second-order valence-electron chi connectivity index (χ2n) is 5.28. The number of para-hydroxylation sites is 1. The van der Waals surface area contributed by atoms with Gasteiger partial charge in [0.05, 0.1) is 18.0 Å². The molecule has 0 atom stereocenters. The minimum absolute atomic E-state index is 0.268. The third kappa shape index (κ3) is 3.44. The molecule has 0 radical (unpaired) electrons. The van der Waals surface area contributed by atoms with Gasteiger partial charge in [0.2, 0.25) is 11.4 Å². The Kier molecular flexibility index (Phi) is 4.15. The molecular formula is C15H15N5O4S. The predicted molar refractivity (Wildman–Crippen MR) is 90.5 cm³/mol. The maximum absolute atomic E-state index is 9.19. The summed E-state index contributed by atoms with van der Waals surface area (Å²) in [5.74, 6) is 1.08. The van der Waals surface area contributed by atoms with Gasteiger partial charge in [-0.25, -0.2) is 4.98 Å². The summed E-state index contributed by atoms with van der Waals surface area (Å²) in [5.41, 5.74) is 1.88. The molecule has 0 saturated heterocycles. The van der Waals surface area contributed by atoms with E-state index in [2.05, 4.69) is 10.1 Å². The summed E-state index contributed by atoms with van der Waals surface area (Å²) in [5, 5.41) is 13.5. The van der Waals surface area contributed by atoms with E-state index >= 15 is 0 Å². The molecule has 2 N–H and O–H groups in total. The summed E-state index contributed by atoms with van der Waals surface area (Å²) in [6, 6.07) is 11.4. The number of nitrogens with one attached hydrogen (secondary N) is 1. The number of furan rings is 1. The Labute approximate surface area is 142 Å². The molecule has 3 aromatic heterocycles. The average Bonchev–Trinajstić information content (AvgIpc) is 3.20. The summed E-state index contributed by atoms with van der Waals surface area (Å²) < 4.78 is 34.5. The molecule has 0 unspecified atom stereocenters. The first-order valence-corrected chi connectivity index (χ1v) is 8.96.